The summed E-state index contributed by atoms with van der Waals surface area (Å²) in [6, 6.07) is 2.68. The molecule has 0 amide bonds. The van der Waals surface area contributed by atoms with Crippen molar-refractivity contribution in [2.45, 2.75) is 52.8 Å². The van der Waals surface area contributed by atoms with Crippen molar-refractivity contribution in [2.24, 2.45) is 5.92 Å². The van der Waals surface area contributed by atoms with Crippen LogP contribution in [0.2, 0.25) is 0 Å². The van der Waals surface area contributed by atoms with Gasteiger partial charge in [0.1, 0.15) is 5.82 Å². The van der Waals surface area contributed by atoms with E-state index in [2.05, 4.69) is 49.0 Å². The maximum atomic E-state index is 10.0. The number of rotatable bonds is 4. The van der Waals surface area contributed by atoms with E-state index in [1.807, 2.05) is 6.20 Å². The lowest BCUT2D eigenvalue weighted by Crippen LogP contribution is -2.43. The number of nitrogens with one attached hydrogen (secondary N) is 1. The summed E-state index contributed by atoms with van der Waals surface area (Å²) in [4.78, 5) is 6.82. The van der Waals surface area contributed by atoms with E-state index in [0.29, 0.717) is 18.5 Å². The highest BCUT2D eigenvalue weighted by atomic mass is 16.3. The highest BCUT2D eigenvalue weighted by molar-refractivity contribution is 5.48. The second-order valence-corrected chi connectivity index (χ2v) is 6.30. The van der Waals surface area contributed by atoms with Crippen LogP contribution in [0.15, 0.2) is 12.3 Å². The van der Waals surface area contributed by atoms with Crippen molar-refractivity contribution in [2.75, 3.05) is 18.0 Å². The normalized spacial score (nSPS) is 23.4. The maximum Gasteiger partial charge on any atom is 0.131 e. The van der Waals surface area contributed by atoms with Gasteiger partial charge in [-0.1, -0.05) is 20.8 Å². The van der Waals surface area contributed by atoms with E-state index in [0.717, 1.165) is 25.3 Å². The van der Waals surface area contributed by atoms with Crippen LogP contribution in [0.25, 0.3) is 0 Å². The zero-order valence-electron chi connectivity index (χ0n) is 13.1. The first-order valence-corrected chi connectivity index (χ1v) is 7.59. The standard InChI is InChI=1S/C16H27N3O/c1-11(2)17-8-14-7-13(4)16(18-9-14)19-6-5-12(3)15(20)10-19/h7,9,11-12,15,17,20H,5-6,8,10H2,1-4H3. The third kappa shape index (κ3) is 3.70. The fraction of sp³-hybridized carbons (Fsp3) is 0.688. The molecule has 1 aliphatic rings. The van der Waals surface area contributed by atoms with Gasteiger partial charge >= 0.3 is 0 Å². The summed E-state index contributed by atoms with van der Waals surface area (Å²) in [6.45, 7) is 11.0. The third-order valence-corrected chi connectivity index (χ3v) is 4.04. The SMILES string of the molecule is Cc1cc(CNC(C)C)cnc1N1CCC(C)C(O)C1. The summed E-state index contributed by atoms with van der Waals surface area (Å²) < 4.78 is 0. The van der Waals surface area contributed by atoms with Crippen LogP contribution >= 0.6 is 0 Å². The molecule has 1 fully saturated rings. The fourth-order valence-electron chi connectivity index (χ4n) is 2.62. The number of β-amino-alcohol motifs (C(OH)–C–C–N with tert-alkyl or cyclic N) is 1. The average molecular weight is 277 g/mol. The summed E-state index contributed by atoms with van der Waals surface area (Å²) in [7, 11) is 0. The Balaban J connectivity index is 2.06. The van der Waals surface area contributed by atoms with E-state index in [1.165, 1.54) is 11.1 Å². The lowest BCUT2D eigenvalue weighted by atomic mass is 9.96. The molecule has 1 aromatic heterocycles. The molecule has 1 aliphatic heterocycles. The Morgan fingerprint density at radius 3 is 2.85 bits per heavy atom. The molecule has 0 aromatic carbocycles. The van der Waals surface area contributed by atoms with Crippen molar-refractivity contribution >= 4 is 5.82 Å². The van der Waals surface area contributed by atoms with Crippen LogP contribution in [0.5, 0.6) is 0 Å². The molecular formula is C16H27N3O. The number of aromatic nitrogens is 1. The molecule has 2 N–H and O–H groups in total. The number of anilines is 1. The predicted molar refractivity (Wildman–Crippen MR) is 83.0 cm³/mol. The van der Waals surface area contributed by atoms with Gasteiger partial charge in [-0.3, -0.25) is 0 Å². The predicted octanol–water partition coefficient (Wildman–Crippen LogP) is 2.10. The summed E-state index contributed by atoms with van der Waals surface area (Å²) >= 11 is 0. The second-order valence-electron chi connectivity index (χ2n) is 6.30. The van der Waals surface area contributed by atoms with Gasteiger partial charge in [0.15, 0.2) is 0 Å². The zero-order chi connectivity index (χ0) is 14.7. The third-order valence-electron chi connectivity index (χ3n) is 4.04. The van der Waals surface area contributed by atoms with Crippen molar-refractivity contribution in [3.8, 4) is 0 Å². The number of hydrogen-bond donors (Lipinski definition) is 2. The molecular weight excluding hydrogens is 250 g/mol. The Kier molecular flexibility index (Phi) is 5.00. The molecule has 0 radical (unpaired) electrons. The van der Waals surface area contributed by atoms with Crippen LogP contribution in [-0.2, 0) is 6.54 Å². The smallest absolute Gasteiger partial charge is 0.131 e. The zero-order valence-corrected chi connectivity index (χ0v) is 13.1. The molecule has 0 bridgehead atoms. The van der Waals surface area contributed by atoms with Crippen LogP contribution in [-0.4, -0.2) is 35.3 Å². The molecule has 20 heavy (non-hydrogen) atoms. The number of nitrogens with zero attached hydrogens (tertiary/aromatic N) is 2. The van der Waals surface area contributed by atoms with E-state index in [-0.39, 0.29) is 6.10 Å². The van der Waals surface area contributed by atoms with Gasteiger partial charge in [0, 0.05) is 31.9 Å². The first-order chi connectivity index (χ1) is 9.47. The minimum atomic E-state index is -0.243. The topological polar surface area (TPSA) is 48.4 Å². The van der Waals surface area contributed by atoms with Gasteiger partial charge in [0.05, 0.1) is 6.10 Å². The summed E-state index contributed by atoms with van der Waals surface area (Å²) in [6.07, 6.45) is 2.73. The molecule has 2 rings (SSSR count). The van der Waals surface area contributed by atoms with Gasteiger partial charge in [-0.25, -0.2) is 4.98 Å². The molecule has 0 aliphatic carbocycles. The van der Waals surface area contributed by atoms with Crippen LogP contribution < -0.4 is 10.2 Å². The van der Waals surface area contributed by atoms with Gasteiger partial charge in [0.2, 0.25) is 0 Å². The number of aliphatic hydroxyl groups is 1. The molecule has 0 spiro atoms. The minimum Gasteiger partial charge on any atom is -0.391 e. The highest BCUT2D eigenvalue weighted by Crippen LogP contribution is 2.24. The average Bonchev–Trinajstić information content (AvgIpc) is 2.40. The molecule has 2 unspecified atom stereocenters. The monoisotopic (exact) mass is 277 g/mol. The Hall–Kier alpha value is -1.13. The molecule has 112 valence electrons. The Morgan fingerprint density at radius 2 is 2.25 bits per heavy atom. The van der Waals surface area contributed by atoms with E-state index in [1.54, 1.807) is 0 Å². The first-order valence-electron chi connectivity index (χ1n) is 7.59. The number of aliphatic hydroxyl groups excluding tert-OH is 1. The van der Waals surface area contributed by atoms with Crippen molar-refractivity contribution in [3.63, 3.8) is 0 Å². The van der Waals surface area contributed by atoms with Crippen molar-refractivity contribution < 1.29 is 5.11 Å². The first kappa shape index (κ1) is 15.3. The van der Waals surface area contributed by atoms with Gasteiger partial charge in [-0.05, 0) is 36.5 Å². The van der Waals surface area contributed by atoms with Crippen LogP contribution in [0.1, 0.15) is 38.3 Å². The largest absolute Gasteiger partial charge is 0.391 e. The molecule has 1 saturated heterocycles. The minimum absolute atomic E-state index is 0.243. The number of piperidine rings is 1. The van der Waals surface area contributed by atoms with Gasteiger partial charge in [-0.15, -0.1) is 0 Å². The van der Waals surface area contributed by atoms with E-state index < -0.39 is 0 Å². The highest BCUT2D eigenvalue weighted by Gasteiger charge is 2.25. The number of hydrogen-bond acceptors (Lipinski definition) is 4. The lowest BCUT2D eigenvalue weighted by Gasteiger charge is -2.35. The molecule has 2 atom stereocenters. The van der Waals surface area contributed by atoms with Gasteiger partial charge in [0.25, 0.3) is 0 Å². The van der Waals surface area contributed by atoms with Crippen LogP contribution in [0.3, 0.4) is 0 Å². The van der Waals surface area contributed by atoms with E-state index in [4.69, 9.17) is 0 Å². The molecule has 2 heterocycles. The number of pyridine rings is 1. The Bertz CT molecular complexity index is 447. The van der Waals surface area contributed by atoms with Crippen molar-refractivity contribution in [3.05, 3.63) is 23.4 Å². The summed E-state index contributed by atoms with van der Waals surface area (Å²) in [5.41, 5.74) is 2.40. The van der Waals surface area contributed by atoms with Gasteiger partial charge < -0.3 is 15.3 Å². The van der Waals surface area contributed by atoms with Crippen LogP contribution in [0.4, 0.5) is 5.82 Å². The molecule has 4 nitrogen and oxygen atoms in total. The molecule has 1 aromatic rings. The van der Waals surface area contributed by atoms with Crippen LogP contribution in [0, 0.1) is 12.8 Å². The molecule has 4 heteroatoms. The van der Waals surface area contributed by atoms with E-state index >= 15 is 0 Å². The summed E-state index contributed by atoms with van der Waals surface area (Å²) in [5.74, 6) is 1.41. The second kappa shape index (κ2) is 6.55. The maximum absolute atomic E-state index is 10.0. The lowest BCUT2D eigenvalue weighted by molar-refractivity contribution is 0.102. The number of aryl methyl sites for hydroxylation is 1. The van der Waals surface area contributed by atoms with Gasteiger partial charge in [-0.2, -0.15) is 0 Å². The van der Waals surface area contributed by atoms with Crippen molar-refractivity contribution in [1.82, 2.24) is 10.3 Å². The van der Waals surface area contributed by atoms with Crippen molar-refractivity contribution in [1.29, 1.82) is 0 Å². The Morgan fingerprint density at radius 1 is 1.50 bits per heavy atom. The molecule has 0 saturated carbocycles. The quantitative estimate of drug-likeness (QED) is 0.885. The van der Waals surface area contributed by atoms with E-state index in [9.17, 15) is 5.11 Å². The Labute approximate surface area is 122 Å². The fourth-order valence-corrected chi connectivity index (χ4v) is 2.62. The summed E-state index contributed by atoms with van der Waals surface area (Å²) in [5, 5.41) is 13.4.